The van der Waals surface area contributed by atoms with Gasteiger partial charge in [-0.25, -0.2) is 4.98 Å². The molecule has 6 heteroatoms. The highest BCUT2D eigenvalue weighted by molar-refractivity contribution is 5.14. The fraction of sp³-hybridized carbons (Fsp3) is 0.286. The van der Waals surface area contributed by atoms with E-state index < -0.39 is 12.0 Å². The maximum absolute atomic E-state index is 12.4. The summed E-state index contributed by atoms with van der Waals surface area (Å²) < 4.78 is 12.4. The van der Waals surface area contributed by atoms with Gasteiger partial charge in [-0.1, -0.05) is 11.2 Å². The first-order valence-electron chi connectivity index (χ1n) is 3.54. The SMILES string of the molecule is [N-]=[N+]=NC(CO)c1ccc(F)nc1. The zero-order chi connectivity index (χ0) is 9.68. The minimum Gasteiger partial charge on any atom is -0.396 e. The van der Waals surface area contributed by atoms with Gasteiger partial charge in [-0.3, -0.25) is 0 Å². The molecule has 5 nitrogen and oxygen atoms in total. The first-order valence-corrected chi connectivity index (χ1v) is 3.54. The van der Waals surface area contributed by atoms with Crippen molar-refractivity contribution < 1.29 is 9.50 Å². The summed E-state index contributed by atoms with van der Waals surface area (Å²) in [6.07, 6.45) is 1.23. The van der Waals surface area contributed by atoms with Crippen molar-refractivity contribution in [1.82, 2.24) is 4.98 Å². The molecule has 0 bridgehead atoms. The average molecular weight is 182 g/mol. The second-order valence-electron chi connectivity index (χ2n) is 2.32. The standard InChI is InChI=1S/C7H7FN4O/c8-7-2-1-5(3-10-7)6(4-13)11-12-9/h1-3,6,13H,4H2. The summed E-state index contributed by atoms with van der Waals surface area (Å²) in [5.41, 5.74) is 8.62. The topological polar surface area (TPSA) is 81.9 Å². The fourth-order valence-electron chi connectivity index (χ4n) is 0.855. The second kappa shape index (κ2) is 4.39. The third-order valence-corrected chi connectivity index (χ3v) is 1.50. The molecule has 0 spiro atoms. The second-order valence-corrected chi connectivity index (χ2v) is 2.32. The van der Waals surface area contributed by atoms with Crippen LogP contribution in [-0.4, -0.2) is 16.7 Å². The third-order valence-electron chi connectivity index (χ3n) is 1.50. The van der Waals surface area contributed by atoms with E-state index in [1.165, 1.54) is 12.3 Å². The highest BCUT2D eigenvalue weighted by Gasteiger charge is 2.07. The van der Waals surface area contributed by atoms with Gasteiger partial charge in [0.1, 0.15) is 0 Å². The molecule has 0 aromatic carbocycles. The first-order chi connectivity index (χ1) is 6.27. The van der Waals surface area contributed by atoms with Crippen LogP contribution < -0.4 is 0 Å². The first kappa shape index (κ1) is 9.44. The van der Waals surface area contributed by atoms with Gasteiger partial charge in [0.25, 0.3) is 0 Å². The number of halogens is 1. The van der Waals surface area contributed by atoms with Gasteiger partial charge < -0.3 is 5.11 Å². The minimum absolute atomic E-state index is 0.322. The van der Waals surface area contributed by atoms with Crippen LogP contribution in [-0.2, 0) is 0 Å². The van der Waals surface area contributed by atoms with E-state index in [1.807, 2.05) is 0 Å². The molecule has 1 atom stereocenters. The van der Waals surface area contributed by atoms with Crippen molar-refractivity contribution >= 4 is 0 Å². The van der Waals surface area contributed by atoms with Gasteiger partial charge in [0.15, 0.2) is 0 Å². The van der Waals surface area contributed by atoms with Crippen LogP contribution in [0.25, 0.3) is 10.4 Å². The maximum atomic E-state index is 12.4. The van der Waals surface area contributed by atoms with Gasteiger partial charge in [-0.15, -0.1) is 0 Å². The average Bonchev–Trinajstić information content (AvgIpc) is 2.16. The van der Waals surface area contributed by atoms with Crippen LogP contribution in [0.1, 0.15) is 11.6 Å². The quantitative estimate of drug-likeness (QED) is 0.333. The Kier molecular flexibility index (Phi) is 3.19. The van der Waals surface area contributed by atoms with Crippen molar-refractivity contribution in [3.8, 4) is 0 Å². The molecule has 0 saturated carbocycles. The maximum Gasteiger partial charge on any atom is 0.212 e. The molecule has 0 fully saturated rings. The summed E-state index contributed by atoms with van der Waals surface area (Å²) in [5, 5.41) is 12.1. The number of rotatable bonds is 3. The smallest absolute Gasteiger partial charge is 0.212 e. The Balaban J connectivity index is 2.91. The van der Waals surface area contributed by atoms with E-state index in [0.717, 1.165) is 6.07 Å². The van der Waals surface area contributed by atoms with Crippen molar-refractivity contribution in [2.75, 3.05) is 6.61 Å². The zero-order valence-corrected chi connectivity index (χ0v) is 6.63. The number of nitrogens with zero attached hydrogens (tertiary/aromatic N) is 4. The van der Waals surface area contributed by atoms with Crippen molar-refractivity contribution in [2.24, 2.45) is 5.11 Å². The van der Waals surface area contributed by atoms with Crippen LogP contribution in [0, 0.1) is 5.95 Å². The van der Waals surface area contributed by atoms with E-state index >= 15 is 0 Å². The minimum atomic E-state index is -0.696. The summed E-state index contributed by atoms with van der Waals surface area (Å²) >= 11 is 0. The lowest BCUT2D eigenvalue weighted by Gasteiger charge is -2.05. The summed E-state index contributed by atoms with van der Waals surface area (Å²) in [7, 11) is 0. The summed E-state index contributed by atoms with van der Waals surface area (Å²) in [4.78, 5) is 5.92. The Labute approximate surface area is 73.5 Å². The monoisotopic (exact) mass is 182 g/mol. The highest BCUT2D eigenvalue weighted by atomic mass is 19.1. The molecule has 0 aliphatic heterocycles. The molecule has 0 aliphatic rings. The Hall–Kier alpha value is -1.65. The van der Waals surface area contributed by atoms with Crippen LogP contribution >= 0.6 is 0 Å². The molecule has 1 N–H and O–H groups in total. The van der Waals surface area contributed by atoms with E-state index in [4.69, 9.17) is 10.6 Å². The van der Waals surface area contributed by atoms with Gasteiger partial charge in [0.05, 0.1) is 12.6 Å². The predicted octanol–water partition coefficient (Wildman–Crippen LogP) is 1.56. The molecular weight excluding hydrogens is 175 g/mol. The summed E-state index contributed by atoms with van der Waals surface area (Å²) in [6, 6.07) is 1.86. The van der Waals surface area contributed by atoms with Gasteiger partial charge >= 0.3 is 0 Å². The lowest BCUT2D eigenvalue weighted by molar-refractivity contribution is 0.267. The van der Waals surface area contributed by atoms with Gasteiger partial charge in [0.2, 0.25) is 5.95 Å². The molecular formula is C7H7FN4O. The number of aliphatic hydroxyl groups excluding tert-OH is 1. The normalized spacial score (nSPS) is 11.8. The van der Waals surface area contributed by atoms with Crippen LogP contribution in [0.2, 0.25) is 0 Å². The van der Waals surface area contributed by atoms with Crippen molar-refractivity contribution in [3.05, 3.63) is 40.3 Å². The molecule has 1 unspecified atom stereocenters. The summed E-state index contributed by atoms with van der Waals surface area (Å²) in [6.45, 7) is -0.322. The molecule has 0 saturated heterocycles. The Morgan fingerprint density at radius 3 is 2.92 bits per heavy atom. The highest BCUT2D eigenvalue weighted by Crippen LogP contribution is 2.15. The molecule has 0 radical (unpaired) electrons. The van der Waals surface area contributed by atoms with Crippen molar-refractivity contribution in [2.45, 2.75) is 6.04 Å². The molecule has 68 valence electrons. The van der Waals surface area contributed by atoms with E-state index in [-0.39, 0.29) is 6.61 Å². The number of hydrogen-bond acceptors (Lipinski definition) is 3. The van der Waals surface area contributed by atoms with Crippen molar-refractivity contribution in [1.29, 1.82) is 0 Å². The lowest BCUT2D eigenvalue weighted by atomic mass is 10.1. The number of hydrogen-bond donors (Lipinski definition) is 1. The lowest BCUT2D eigenvalue weighted by Crippen LogP contribution is -2.00. The molecule has 0 aliphatic carbocycles. The molecule has 1 rings (SSSR count). The van der Waals surface area contributed by atoms with Crippen molar-refractivity contribution in [3.63, 3.8) is 0 Å². The molecule has 1 aromatic heterocycles. The van der Waals surface area contributed by atoms with E-state index in [0.29, 0.717) is 5.56 Å². The summed E-state index contributed by atoms with van der Waals surface area (Å²) in [5.74, 6) is -0.610. The molecule has 1 aromatic rings. The van der Waals surface area contributed by atoms with Crippen LogP contribution in [0.4, 0.5) is 4.39 Å². The van der Waals surface area contributed by atoms with Gasteiger partial charge in [0, 0.05) is 11.1 Å². The number of aromatic nitrogens is 1. The Bertz CT molecular complexity index is 320. The number of azide groups is 1. The predicted molar refractivity (Wildman–Crippen MR) is 43.2 cm³/mol. The van der Waals surface area contributed by atoms with Crippen LogP contribution in [0.3, 0.4) is 0 Å². The Morgan fingerprint density at radius 1 is 1.69 bits per heavy atom. The fourth-order valence-corrected chi connectivity index (χ4v) is 0.855. The van der Waals surface area contributed by atoms with E-state index in [1.54, 1.807) is 0 Å². The van der Waals surface area contributed by atoms with Gasteiger partial charge in [-0.05, 0) is 17.2 Å². The van der Waals surface area contributed by atoms with Crippen LogP contribution in [0.15, 0.2) is 23.4 Å². The largest absolute Gasteiger partial charge is 0.396 e. The van der Waals surface area contributed by atoms with Gasteiger partial charge in [-0.2, -0.15) is 4.39 Å². The molecule has 0 amide bonds. The zero-order valence-electron chi connectivity index (χ0n) is 6.63. The molecule has 1 heterocycles. The Morgan fingerprint density at radius 2 is 2.46 bits per heavy atom. The molecule has 13 heavy (non-hydrogen) atoms. The number of pyridine rings is 1. The number of aliphatic hydroxyl groups is 1. The van der Waals surface area contributed by atoms with E-state index in [9.17, 15) is 4.39 Å². The van der Waals surface area contributed by atoms with E-state index in [2.05, 4.69) is 15.0 Å². The van der Waals surface area contributed by atoms with Crippen LogP contribution in [0.5, 0.6) is 0 Å². The third kappa shape index (κ3) is 2.40.